The SMILES string of the molecule is Fc1cc(CNCCc2ccc(Br)s2)ccc1Br. The summed E-state index contributed by atoms with van der Waals surface area (Å²) in [6.07, 6.45) is 0.995. The molecule has 0 bridgehead atoms. The maximum absolute atomic E-state index is 13.3. The zero-order chi connectivity index (χ0) is 13.0. The summed E-state index contributed by atoms with van der Waals surface area (Å²) in [5, 5.41) is 3.32. The zero-order valence-corrected chi connectivity index (χ0v) is 13.5. The number of rotatable bonds is 5. The van der Waals surface area contributed by atoms with Gasteiger partial charge in [0.25, 0.3) is 0 Å². The molecule has 0 saturated heterocycles. The third kappa shape index (κ3) is 4.16. The van der Waals surface area contributed by atoms with Crippen molar-refractivity contribution < 1.29 is 4.39 Å². The van der Waals surface area contributed by atoms with Gasteiger partial charge in [0.15, 0.2) is 0 Å². The normalized spacial score (nSPS) is 10.8. The smallest absolute Gasteiger partial charge is 0.137 e. The van der Waals surface area contributed by atoms with Gasteiger partial charge in [-0.1, -0.05) is 6.07 Å². The Labute approximate surface area is 127 Å². The van der Waals surface area contributed by atoms with Gasteiger partial charge in [0, 0.05) is 18.0 Å². The molecule has 2 aromatic rings. The average Bonchev–Trinajstić information content (AvgIpc) is 2.75. The maximum atomic E-state index is 13.3. The molecule has 0 aliphatic rings. The molecule has 96 valence electrons. The Morgan fingerprint density at radius 2 is 2.00 bits per heavy atom. The van der Waals surface area contributed by atoms with Gasteiger partial charge in [-0.2, -0.15) is 0 Å². The molecule has 0 radical (unpaired) electrons. The number of halogens is 3. The summed E-state index contributed by atoms with van der Waals surface area (Å²) in [7, 11) is 0. The summed E-state index contributed by atoms with van der Waals surface area (Å²) >= 11 is 8.34. The van der Waals surface area contributed by atoms with Gasteiger partial charge in [0.2, 0.25) is 0 Å². The van der Waals surface area contributed by atoms with Crippen molar-refractivity contribution in [3.8, 4) is 0 Å². The van der Waals surface area contributed by atoms with Crippen LogP contribution in [0.4, 0.5) is 4.39 Å². The van der Waals surface area contributed by atoms with E-state index < -0.39 is 0 Å². The first kappa shape index (κ1) is 14.2. The van der Waals surface area contributed by atoms with E-state index in [1.165, 1.54) is 4.88 Å². The van der Waals surface area contributed by atoms with E-state index in [0.29, 0.717) is 11.0 Å². The van der Waals surface area contributed by atoms with Crippen molar-refractivity contribution in [3.63, 3.8) is 0 Å². The Balaban J connectivity index is 1.76. The van der Waals surface area contributed by atoms with Gasteiger partial charge >= 0.3 is 0 Å². The number of benzene rings is 1. The van der Waals surface area contributed by atoms with Crippen molar-refractivity contribution in [2.75, 3.05) is 6.54 Å². The minimum absolute atomic E-state index is 0.212. The first-order valence-corrected chi connectivity index (χ1v) is 7.94. The fourth-order valence-corrected chi connectivity index (χ4v) is 3.31. The molecule has 0 unspecified atom stereocenters. The van der Waals surface area contributed by atoms with Crippen LogP contribution in [-0.4, -0.2) is 6.54 Å². The van der Waals surface area contributed by atoms with Gasteiger partial charge in [-0.15, -0.1) is 11.3 Å². The molecule has 0 spiro atoms. The Morgan fingerprint density at radius 3 is 2.67 bits per heavy atom. The zero-order valence-electron chi connectivity index (χ0n) is 9.55. The third-order valence-corrected chi connectivity index (χ3v) is 4.82. The molecule has 1 N–H and O–H groups in total. The Kier molecular flexibility index (Phi) is 5.36. The van der Waals surface area contributed by atoms with E-state index >= 15 is 0 Å². The molecule has 0 amide bonds. The molecule has 0 aliphatic heterocycles. The van der Waals surface area contributed by atoms with Crippen LogP contribution in [0.1, 0.15) is 10.4 Å². The van der Waals surface area contributed by atoms with Gasteiger partial charge in [0.05, 0.1) is 8.26 Å². The molecule has 0 aliphatic carbocycles. The van der Waals surface area contributed by atoms with E-state index in [0.717, 1.165) is 22.3 Å². The van der Waals surface area contributed by atoms with E-state index in [-0.39, 0.29) is 5.82 Å². The molecule has 5 heteroatoms. The van der Waals surface area contributed by atoms with Crippen LogP contribution in [0.3, 0.4) is 0 Å². The predicted octanol–water partition coefficient (Wildman–Crippen LogP) is 4.74. The van der Waals surface area contributed by atoms with E-state index in [1.54, 1.807) is 23.5 Å². The van der Waals surface area contributed by atoms with Crippen molar-refractivity contribution in [1.82, 2.24) is 5.32 Å². The standard InChI is InChI=1S/C13H12Br2FNS/c14-11-3-1-9(7-12(11)16)8-17-6-5-10-2-4-13(15)18-10/h1-4,7,17H,5-6,8H2. The minimum Gasteiger partial charge on any atom is -0.312 e. The van der Waals surface area contributed by atoms with Gasteiger partial charge in [-0.05, 0) is 68.1 Å². The first-order chi connectivity index (χ1) is 8.65. The molecule has 18 heavy (non-hydrogen) atoms. The lowest BCUT2D eigenvalue weighted by Gasteiger charge is -2.05. The highest BCUT2D eigenvalue weighted by atomic mass is 79.9. The fraction of sp³-hybridized carbons (Fsp3) is 0.231. The quantitative estimate of drug-likeness (QED) is 0.724. The van der Waals surface area contributed by atoms with Crippen molar-refractivity contribution in [2.45, 2.75) is 13.0 Å². The third-order valence-electron chi connectivity index (χ3n) is 2.49. The lowest BCUT2D eigenvalue weighted by atomic mass is 10.2. The van der Waals surface area contributed by atoms with E-state index in [1.807, 2.05) is 6.07 Å². The van der Waals surface area contributed by atoms with Crippen LogP contribution in [0.25, 0.3) is 0 Å². The van der Waals surface area contributed by atoms with E-state index in [4.69, 9.17) is 0 Å². The topological polar surface area (TPSA) is 12.0 Å². The first-order valence-electron chi connectivity index (χ1n) is 5.54. The van der Waals surface area contributed by atoms with Gasteiger partial charge in [-0.3, -0.25) is 0 Å². The van der Waals surface area contributed by atoms with Gasteiger partial charge in [-0.25, -0.2) is 4.39 Å². The second-order valence-electron chi connectivity index (χ2n) is 3.88. The van der Waals surface area contributed by atoms with Crippen molar-refractivity contribution in [2.24, 2.45) is 0 Å². The molecule has 0 saturated carbocycles. The van der Waals surface area contributed by atoms with Crippen LogP contribution in [0, 0.1) is 5.82 Å². The molecular formula is C13H12Br2FNS. The molecular weight excluding hydrogens is 381 g/mol. The van der Waals surface area contributed by atoms with E-state index in [2.05, 4.69) is 49.3 Å². The summed E-state index contributed by atoms with van der Waals surface area (Å²) in [6.45, 7) is 1.58. The number of hydrogen-bond acceptors (Lipinski definition) is 2. The molecule has 1 aromatic carbocycles. The second kappa shape index (κ2) is 6.80. The predicted molar refractivity (Wildman–Crippen MR) is 81.5 cm³/mol. The molecule has 0 fully saturated rings. The van der Waals surface area contributed by atoms with Gasteiger partial charge in [0.1, 0.15) is 5.82 Å². The summed E-state index contributed by atoms with van der Waals surface area (Å²) in [5.74, 6) is -0.212. The monoisotopic (exact) mass is 391 g/mol. The van der Waals surface area contributed by atoms with Crippen molar-refractivity contribution in [1.29, 1.82) is 0 Å². The van der Waals surface area contributed by atoms with Crippen LogP contribution in [0.5, 0.6) is 0 Å². The number of thiophene rings is 1. The van der Waals surface area contributed by atoms with Crippen LogP contribution in [0.15, 0.2) is 38.6 Å². The highest BCUT2D eigenvalue weighted by Gasteiger charge is 2.01. The van der Waals surface area contributed by atoms with Crippen molar-refractivity contribution >= 4 is 43.2 Å². The second-order valence-corrected chi connectivity index (χ2v) is 7.28. The van der Waals surface area contributed by atoms with E-state index in [9.17, 15) is 4.39 Å². The lowest BCUT2D eigenvalue weighted by molar-refractivity contribution is 0.614. The Hall–Kier alpha value is -0.230. The summed E-state index contributed by atoms with van der Waals surface area (Å²) in [4.78, 5) is 1.34. The molecule has 0 atom stereocenters. The summed E-state index contributed by atoms with van der Waals surface area (Å²) in [6, 6.07) is 9.39. The van der Waals surface area contributed by atoms with Crippen LogP contribution < -0.4 is 5.32 Å². The van der Waals surface area contributed by atoms with Crippen LogP contribution in [-0.2, 0) is 13.0 Å². The van der Waals surface area contributed by atoms with Crippen molar-refractivity contribution in [3.05, 3.63) is 54.8 Å². The molecule has 1 heterocycles. The lowest BCUT2D eigenvalue weighted by Crippen LogP contribution is -2.16. The largest absolute Gasteiger partial charge is 0.312 e. The Bertz CT molecular complexity index is 527. The highest BCUT2D eigenvalue weighted by Crippen LogP contribution is 2.22. The minimum atomic E-state index is -0.212. The number of nitrogens with one attached hydrogen (secondary N) is 1. The molecule has 1 aromatic heterocycles. The Morgan fingerprint density at radius 1 is 1.17 bits per heavy atom. The number of hydrogen-bond donors (Lipinski definition) is 1. The highest BCUT2D eigenvalue weighted by molar-refractivity contribution is 9.11. The molecule has 2 rings (SSSR count). The molecule has 1 nitrogen and oxygen atoms in total. The van der Waals surface area contributed by atoms with Crippen LogP contribution >= 0.6 is 43.2 Å². The fourth-order valence-electron chi connectivity index (χ4n) is 1.58. The summed E-state index contributed by atoms with van der Waals surface area (Å²) < 4.78 is 14.9. The van der Waals surface area contributed by atoms with Gasteiger partial charge < -0.3 is 5.32 Å². The summed E-state index contributed by atoms with van der Waals surface area (Å²) in [5.41, 5.74) is 0.961. The maximum Gasteiger partial charge on any atom is 0.137 e. The average molecular weight is 393 g/mol. The van der Waals surface area contributed by atoms with Crippen LogP contribution in [0.2, 0.25) is 0 Å².